The van der Waals surface area contributed by atoms with E-state index >= 15 is 0 Å². The minimum atomic E-state index is -3.48. The van der Waals surface area contributed by atoms with Crippen molar-refractivity contribution in [3.05, 3.63) is 29.3 Å². The van der Waals surface area contributed by atoms with Gasteiger partial charge in [0.15, 0.2) is 0 Å². The van der Waals surface area contributed by atoms with Crippen LogP contribution < -0.4 is 5.32 Å². The quantitative estimate of drug-likeness (QED) is 0.904. The molecule has 1 aromatic rings. The van der Waals surface area contributed by atoms with Gasteiger partial charge in [0.2, 0.25) is 5.91 Å². The Hall–Kier alpha value is -1.15. The van der Waals surface area contributed by atoms with Crippen molar-refractivity contribution in [3.63, 3.8) is 0 Å². The number of piperidine rings is 1. The molecule has 0 saturated carbocycles. The molecule has 1 heterocycles. The van der Waals surface area contributed by atoms with Crippen molar-refractivity contribution in [1.82, 2.24) is 8.61 Å². The summed E-state index contributed by atoms with van der Waals surface area (Å²) in [4.78, 5) is 12.3. The molecule has 1 saturated heterocycles. The monoisotopic (exact) mass is 345 g/mol. The smallest absolute Gasteiger partial charge is 0.281 e. The average molecular weight is 346 g/mol. The highest BCUT2D eigenvalue weighted by molar-refractivity contribution is 7.86. The highest BCUT2D eigenvalue weighted by Gasteiger charge is 2.33. The summed E-state index contributed by atoms with van der Waals surface area (Å²) < 4.78 is 26.8. The third kappa shape index (κ3) is 3.98. The summed E-state index contributed by atoms with van der Waals surface area (Å²) in [6.07, 6.45) is 1.35. The first-order valence-corrected chi connectivity index (χ1v) is 8.82. The Morgan fingerprint density at radius 2 is 1.95 bits per heavy atom. The maximum Gasteiger partial charge on any atom is 0.281 e. The summed E-state index contributed by atoms with van der Waals surface area (Å²) in [7, 11) is -0.490. The van der Waals surface area contributed by atoms with Crippen molar-refractivity contribution in [2.24, 2.45) is 5.92 Å². The maximum absolute atomic E-state index is 12.3. The summed E-state index contributed by atoms with van der Waals surface area (Å²) in [6, 6.07) is 6.83. The van der Waals surface area contributed by atoms with Crippen LogP contribution >= 0.6 is 11.6 Å². The Labute approximate surface area is 136 Å². The van der Waals surface area contributed by atoms with Crippen LogP contribution in [0.2, 0.25) is 5.02 Å². The third-order valence-corrected chi connectivity index (χ3v) is 5.81. The Bertz CT molecular complexity index is 631. The molecule has 1 atom stereocenters. The molecule has 1 aromatic carbocycles. The van der Waals surface area contributed by atoms with Crippen LogP contribution in [-0.2, 0) is 15.0 Å². The summed E-state index contributed by atoms with van der Waals surface area (Å²) in [5.74, 6) is -0.514. The van der Waals surface area contributed by atoms with Crippen molar-refractivity contribution in [2.75, 3.05) is 32.5 Å². The molecule has 1 N–H and O–H groups in total. The molecule has 1 aliphatic heterocycles. The highest BCUT2D eigenvalue weighted by Crippen LogP contribution is 2.22. The van der Waals surface area contributed by atoms with Gasteiger partial charge in [-0.3, -0.25) is 4.79 Å². The predicted octanol–water partition coefficient (Wildman–Crippen LogP) is 1.80. The number of amides is 1. The van der Waals surface area contributed by atoms with Crippen LogP contribution in [0.4, 0.5) is 5.69 Å². The molecule has 0 aliphatic carbocycles. The lowest BCUT2D eigenvalue weighted by Gasteiger charge is -2.32. The molecule has 1 aliphatic rings. The Kier molecular flexibility index (Phi) is 5.44. The van der Waals surface area contributed by atoms with Gasteiger partial charge in [0.05, 0.1) is 5.92 Å². The first kappa shape index (κ1) is 17.2. The largest absolute Gasteiger partial charge is 0.326 e. The van der Waals surface area contributed by atoms with E-state index in [1.807, 2.05) is 0 Å². The molecule has 0 bridgehead atoms. The van der Waals surface area contributed by atoms with Crippen LogP contribution in [0.1, 0.15) is 12.8 Å². The molecule has 6 nitrogen and oxygen atoms in total. The Morgan fingerprint density at radius 1 is 1.32 bits per heavy atom. The predicted molar refractivity (Wildman–Crippen MR) is 87.0 cm³/mol. The van der Waals surface area contributed by atoms with Crippen molar-refractivity contribution in [1.29, 1.82) is 0 Å². The van der Waals surface area contributed by atoms with Crippen LogP contribution in [0.3, 0.4) is 0 Å². The number of rotatable bonds is 4. The number of hydrogen-bond acceptors (Lipinski definition) is 3. The van der Waals surface area contributed by atoms with Crippen LogP contribution in [0.25, 0.3) is 0 Å². The van der Waals surface area contributed by atoms with Gasteiger partial charge in [-0.25, -0.2) is 0 Å². The topological polar surface area (TPSA) is 69.7 Å². The van der Waals surface area contributed by atoms with Crippen LogP contribution in [0, 0.1) is 5.92 Å². The lowest BCUT2D eigenvalue weighted by Crippen LogP contribution is -2.47. The van der Waals surface area contributed by atoms with Gasteiger partial charge in [0, 0.05) is 37.9 Å². The normalized spacial score (nSPS) is 20.1. The molecule has 1 amide bonds. The van der Waals surface area contributed by atoms with Gasteiger partial charge in [0.25, 0.3) is 10.2 Å². The first-order valence-electron chi connectivity index (χ1n) is 7.05. The molecule has 0 spiro atoms. The molecule has 1 fully saturated rings. The number of benzene rings is 1. The van der Waals surface area contributed by atoms with E-state index in [0.29, 0.717) is 30.1 Å². The zero-order chi connectivity index (χ0) is 16.3. The fourth-order valence-corrected chi connectivity index (χ4v) is 3.69. The number of halogens is 1. The Morgan fingerprint density at radius 3 is 2.55 bits per heavy atom. The number of nitrogens with one attached hydrogen (secondary N) is 1. The summed E-state index contributed by atoms with van der Waals surface area (Å²) in [6.45, 7) is 0.658. The lowest BCUT2D eigenvalue weighted by molar-refractivity contribution is -0.120. The van der Waals surface area contributed by atoms with Crippen molar-refractivity contribution in [2.45, 2.75) is 12.8 Å². The average Bonchev–Trinajstić information content (AvgIpc) is 2.49. The molecule has 0 aromatic heterocycles. The van der Waals surface area contributed by atoms with E-state index in [-0.39, 0.29) is 18.4 Å². The van der Waals surface area contributed by atoms with Crippen molar-refractivity contribution in [3.8, 4) is 0 Å². The summed E-state index contributed by atoms with van der Waals surface area (Å²) in [5.41, 5.74) is 0.655. The number of carbonyl (C=O) groups is 1. The van der Waals surface area contributed by atoms with E-state index in [1.54, 1.807) is 24.3 Å². The van der Waals surface area contributed by atoms with E-state index in [4.69, 9.17) is 11.6 Å². The minimum Gasteiger partial charge on any atom is -0.326 e. The number of anilines is 1. The molecule has 0 radical (unpaired) electrons. The van der Waals surface area contributed by atoms with E-state index in [1.165, 1.54) is 22.7 Å². The van der Waals surface area contributed by atoms with E-state index in [9.17, 15) is 13.2 Å². The summed E-state index contributed by atoms with van der Waals surface area (Å²) in [5, 5.41) is 3.40. The van der Waals surface area contributed by atoms with Crippen LogP contribution in [0.5, 0.6) is 0 Å². The van der Waals surface area contributed by atoms with Crippen molar-refractivity contribution < 1.29 is 13.2 Å². The van der Waals surface area contributed by atoms with E-state index in [2.05, 4.69) is 5.32 Å². The maximum atomic E-state index is 12.3. The van der Waals surface area contributed by atoms with Gasteiger partial charge in [-0.1, -0.05) is 11.6 Å². The minimum absolute atomic E-state index is 0.166. The second kappa shape index (κ2) is 6.95. The third-order valence-electron chi connectivity index (χ3n) is 3.65. The SMILES string of the molecule is CN(C)S(=O)(=O)N1CCC[C@@H](C(=O)Nc2ccc(Cl)cc2)C1. The zero-order valence-corrected chi connectivity index (χ0v) is 14.2. The molecule has 0 unspecified atom stereocenters. The van der Waals surface area contributed by atoms with E-state index < -0.39 is 10.2 Å². The molecule has 22 heavy (non-hydrogen) atoms. The van der Waals surface area contributed by atoms with Crippen LogP contribution in [0.15, 0.2) is 24.3 Å². The van der Waals surface area contributed by atoms with Gasteiger partial charge in [-0.05, 0) is 37.1 Å². The van der Waals surface area contributed by atoms with Gasteiger partial charge in [0.1, 0.15) is 0 Å². The fourth-order valence-electron chi connectivity index (χ4n) is 2.37. The lowest BCUT2D eigenvalue weighted by atomic mass is 9.99. The Balaban J connectivity index is 2.03. The van der Waals surface area contributed by atoms with Gasteiger partial charge in [-0.15, -0.1) is 0 Å². The van der Waals surface area contributed by atoms with Gasteiger partial charge in [-0.2, -0.15) is 17.0 Å². The number of carbonyl (C=O) groups excluding carboxylic acids is 1. The molecular formula is C14H20ClN3O3S. The highest BCUT2D eigenvalue weighted by atomic mass is 35.5. The second-order valence-electron chi connectivity index (χ2n) is 5.48. The van der Waals surface area contributed by atoms with Gasteiger partial charge < -0.3 is 5.32 Å². The first-order chi connectivity index (χ1) is 10.3. The number of nitrogens with zero attached hydrogens (tertiary/aromatic N) is 2. The standard InChI is InChI=1S/C14H20ClN3O3S/c1-17(2)22(20,21)18-9-3-4-11(10-18)14(19)16-13-7-5-12(15)6-8-13/h5-8,11H,3-4,9-10H2,1-2H3,(H,16,19)/t11-/m1/s1. The van der Waals surface area contributed by atoms with Crippen LogP contribution in [-0.4, -0.2) is 50.1 Å². The molecule has 8 heteroatoms. The second-order valence-corrected chi connectivity index (χ2v) is 8.06. The molecule has 122 valence electrons. The molecule has 2 rings (SSSR count). The summed E-state index contributed by atoms with van der Waals surface area (Å²) >= 11 is 5.81. The molecular weight excluding hydrogens is 326 g/mol. The van der Waals surface area contributed by atoms with E-state index in [0.717, 1.165) is 0 Å². The number of hydrogen-bond donors (Lipinski definition) is 1. The zero-order valence-electron chi connectivity index (χ0n) is 12.6. The fraction of sp³-hybridized carbons (Fsp3) is 0.500. The van der Waals surface area contributed by atoms with Gasteiger partial charge >= 0.3 is 0 Å². The van der Waals surface area contributed by atoms with Crippen molar-refractivity contribution >= 4 is 33.4 Å².